The lowest BCUT2D eigenvalue weighted by molar-refractivity contribution is -0.119. The maximum atomic E-state index is 12.9. The van der Waals surface area contributed by atoms with E-state index in [4.69, 9.17) is 18.6 Å². The summed E-state index contributed by atoms with van der Waals surface area (Å²) in [4.78, 5) is 25.4. The van der Waals surface area contributed by atoms with Gasteiger partial charge in [-0.3, -0.25) is 4.79 Å². The first kappa shape index (κ1) is 24.0. The fraction of sp³-hybridized carbons (Fsp3) is 0.385. The molecule has 1 aliphatic rings. The third-order valence-electron chi connectivity index (χ3n) is 5.91. The average Bonchev–Trinajstić information content (AvgIpc) is 3.25. The molecule has 0 unspecified atom stereocenters. The number of carbonyl (C=O) groups is 2. The smallest absolute Gasteiger partial charge is 0.375 e. The first-order chi connectivity index (χ1) is 16.6. The number of rotatable bonds is 9. The molecule has 1 fully saturated rings. The first-order valence-corrected chi connectivity index (χ1v) is 12.4. The van der Waals surface area contributed by atoms with Gasteiger partial charge in [-0.25, -0.2) is 4.79 Å². The number of hydrogen-bond acceptors (Lipinski definition) is 7. The van der Waals surface area contributed by atoms with Gasteiger partial charge in [0.25, 0.3) is 5.91 Å². The molecule has 4 rings (SSSR count). The quantitative estimate of drug-likeness (QED) is 0.384. The second kappa shape index (κ2) is 11.3. The summed E-state index contributed by atoms with van der Waals surface area (Å²) in [6.45, 7) is -0.453. The molecule has 3 aromatic rings. The van der Waals surface area contributed by atoms with Gasteiger partial charge in [-0.1, -0.05) is 37.5 Å². The van der Waals surface area contributed by atoms with Crippen LogP contribution in [0.5, 0.6) is 11.5 Å². The van der Waals surface area contributed by atoms with Crippen LogP contribution in [0.3, 0.4) is 0 Å². The van der Waals surface area contributed by atoms with Crippen molar-refractivity contribution in [1.82, 2.24) is 0 Å². The highest BCUT2D eigenvalue weighted by Gasteiger charge is 2.24. The minimum absolute atomic E-state index is 0.163. The molecule has 0 spiro atoms. The van der Waals surface area contributed by atoms with Gasteiger partial charge in [0.05, 0.1) is 19.9 Å². The van der Waals surface area contributed by atoms with Crippen LogP contribution in [0.15, 0.2) is 46.9 Å². The van der Waals surface area contributed by atoms with E-state index in [-0.39, 0.29) is 5.76 Å². The molecule has 8 heteroatoms. The third kappa shape index (κ3) is 5.67. The number of methoxy groups -OCH3 is 2. The lowest BCUT2D eigenvalue weighted by Crippen LogP contribution is -2.21. The van der Waals surface area contributed by atoms with Crippen molar-refractivity contribution in [3.8, 4) is 11.5 Å². The topological polar surface area (TPSA) is 87.0 Å². The van der Waals surface area contributed by atoms with E-state index in [0.717, 1.165) is 10.9 Å². The van der Waals surface area contributed by atoms with Crippen molar-refractivity contribution in [2.75, 3.05) is 26.1 Å². The standard InChI is InChI=1S/C26H29NO6S/c1-30-17-12-13-23(31-2)21(14-17)27-24(28)15-32-26(29)25-20(16-34-18-8-4-3-5-9-18)19-10-6-7-11-22(19)33-25/h6-7,10-14,18H,3-5,8-9,15-16H2,1-2H3,(H,27,28). The summed E-state index contributed by atoms with van der Waals surface area (Å²) in [6, 6.07) is 12.6. The summed E-state index contributed by atoms with van der Waals surface area (Å²) in [5, 5.41) is 4.19. The number of para-hydroxylation sites is 1. The van der Waals surface area contributed by atoms with Gasteiger partial charge < -0.3 is 23.9 Å². The Morgan fingerprint density at radius 2 is 1.85 bits per heavy atom. The van der Waals surface area contributed by atoms with Gasteiger partial charge >= 0.3 is 5.97 Å². The van der Waals surface area contributed by atoms with Crippen LogP contribution in [0.4, 0.5) is 5.69 Å². The zero-order chi connectivity index (χ0) is 23.9. The minimum Gasteiger partial charge on any atom is -0.497 e. The number of fused-ring (bicyclic) bond motifs is 1. The maximum absolute atomic E-state index is 12.9. The van der Waals surface area contributed by atoms with Crippen molar-refractivity contribution < 1.29 is 28.2 Å². The van der Waals surface area contributed by atoms with Crippen molar-refractivity contribution in [2.45, 2.75) is 43.1 Å². The van der Waals surface area contributed by atoms with Gasteiger partial charge in [0, 0.05) is 28.0 Å². The lowest BCUT2D eigenvalue weighted by Gasteiger charge is -2.20. The van der Waals surface area contributed by atoms with Crippen LogP contribution in [0, 0.1) is 0 Å². The second-order valence-corrected chi connectivity index (χ2v) is 9.46. The van der Waals surface area contributed by atoms with Crippen molar-refractivity contribution >= 4 is 40.3 Å². The van der Waals surface area contributed by atoms with Crippen molar-refractivity contribution in [2.24, 2.45) is 0 Å². The normalized spacial score (nSPS) is 14.1. The Morgan fingerprint density at radius 3 is 2.62 bits per heavy atom. The Labute approximate surface area is 203 Å². The molecule has 1 aromatic heterocycles. The maximum Gasteiger partial charge on any atom is 0.375 e. The molecule has 1 aliphatic carbocycles. The van der Waals surface area contributed by atoms with Crippen LogP contribution in [0.1, 0.15) is 48.2 Å². The lowest BCUT2D eigenvalue weighted by atomic mass is 10.0. The summed E-state index contributed by atoms with van der Waals surface area (Å²) in [6.07, 6.45) is 6.22. The SMILES string of the molecule is COc1ccc(OC)c(NC(=O)COC(=O)c2oc3ccccc3c2CSC2CCCCC2)c1. The molecule has 1 amide bonds. The molecule has 0 saturated heterocycles. The van der Waals surface area contributed by atoms with E-state index in [9.17, 15) is 9.59 Å². The highest BCUT2D eigenvalue weighted by Crippen LogP contribution is 2.35. The molecule has 0 radical (unpaired) electrons. The number of amides is 1. The van der Waals surface area contributed by atoms with Gasteiger partial charge in [0.1, 0.15) is 17.1 Å². The van der Waals surface area contributed by atoms with Crippen LogP contribution < -0.4 is 14.8 Å². The summed E-state index contributed by atoms with van der Waals surface area (Å²) in [5.74, 6) is 0.725. The van der Waals surface area contributed by atoms with E-state index >= 15 is 0 Å². The van der Waals surface area contributed by atoms with Gasteiger partial charge in [0.15, 0.2) is 6.61 Å². The summed E-state index contributed by atoms with van der Waals surface area (Å²) in [5.41, 5.74) is 1.89. The Bertz CT molecular complexity index is 1150. The number of hydrogen-bond donors (Lipinski definition) is 1. The van der Waals surface area contributed by atoms with Crippen molar-refractivity contribution in [3.63, 3.8) is 0 Å². The first-order valence-electron chi connectivity index (χ1n) is 11.4. The minimum atomic E-state index is -0.650. The number of anilines is 1. The van der Waals surface area contributed by atoms with Gasteiger partial charge in [0.2, 0.25) is 5.76 Å². The Kier molecular flexibility index (Phi) is 8.00. The molecule has 1 heterocycles. The van der Waals surface area contributed by atoms with Gasteiger partial charge in [-0.2, -0.15) is 11.8 Å². The number of nitrogens with one attached hydrogen (secondary N) is 1. The van der Waals surface area contributed by atoms with Crippen LogP contribution in [0.2, 0.25) is 0 Å². The van der Waals surface area contributed by atoms with E-state index in [1.807, 2.05) is 36.0 Å². The molecule has 1 N–H and O–H groups in total. The fourth-order valence-electron chi connectivity index (χ4n) is 4.13. The highest BCUT2D eigenvalue weighted by atomic mass is 32.2. The highest BCUT2D eigenvalue weighted by molar-refractivity contribution is 7.99. The monoisotopic (exact) mass is 483 g/mol. The molecule has 1 saturated carbocycles. The second-order valence-electron chi connectivity index (χ2n) is 8.17. The predicted octanol–water partition coefficient (Wildman–Crippen LogP) is 5.81. The number of benzene rings is 2. The van der Waals surface area contributed by atoms with E-state index in [2.05, 4.69) is 5.32 Å². The van der Waals surface area contributed by atoms with Crippen molar-refractivity contribution in [3.05, 3.63) is 53.8 Å². The fourth-order valence-corrected chi connectivity index (χ4v) is 5.49. The molecule has 7 nitrogen and oxygen atoms in total. The molecule has 0 bridgehead atoms. The van der Waals surface area contributed by atoms with Crippen LogP contribution in [0.25, 0.3) is 11.0 Å². The third-order valence-corrected chi connectivity index (χ3v) is 7.31. The largest absolute Gasteiger partial charge is 0.497 e. The van der Waals surface area contributed by atoms with E-state index in [0.29, 0.717) is 33.8 Å². The average molecular weight is 484 g/mol. The molecular weight excluding hydrogens is 454 g/mol. The van der Waals surface area contributed by atoms with Crippen molar-refractivity contribution in [1.29, 1.82) is 0 Å². The number of furan rings is 1. The van der Waals surface area contributed by atoms with Gasteiger partial charge in [-0.15, -0.1) is 0 Å². The van der Waals surface area contributed by atoms with Crippen LogP contribution in [-0.4, -0.2) is 38.0 Å². The van der Waals surface area contributed by atoms with E-state index in [1.165, 1.54) is 46.3 Å². The zero-order valence-corrected chi connectivity index (χ0v) is 20.2. The van der Waals surface area contributed by atoms with Crippen LogP contribution in [-0.2, 0) is 15.3 Å². The molecule has 0 aliphatic heterocycles. The number of esters is 1. The number of ether oxygens (including phenoxy) is 3. The molecule has 2 aromatic carbocycles. The summed E-state index contributed by atoms with van der Waals surface area (Å²) >= 11 is 1.86. The molecule has 180 valence electrons. The molecule has 34 heavy (non-hydrogen) atoms. The molecule has 0 atom stereocenters. The van der Waals surface area contributed by atoms with E-state index < -0.39 is 18.5 Å². The Hall–Kier alpha value is -3.13. The Balaban J connectivity index is 1.44. The number of thioether (sulfide) groups is 1. The predicted molar refractivity (Wildman–Crippen MR) is 133 cm³/mol. The van der Waals surface area contributed by atoms with Crippen LogP contribution >= 0.6 is 11.8 Å². The zero-order valence-electron chi connectivity index (χ0n) is 19.4. The number of carbonyl (C=O) groups excluding carboxylic acids is 2. The summed E-state index contributed by atoms with van der Waals surface area (Å²) < 4.78 is 21.7. The summed E-state index contributed by atoms with van der Waals surface area (Å²) in [7, 11) is 3.04. The van der Waals surface area contributed by atoms with Gasteiger partial charge in [-0.05, 0) is 31.0 Å². The van der Waals surface area contributed by atoms with E-state index in [1.54, 1.807) is 18.2 Å². The molecular formula is C26H29NO6S. The Morgan fingerprint density at radius 1 is 1.06 bits per heavy atom.